The molecule has 28 heavy (non-hydrogen) atoms. The van der Waals surface area contributed by atoms with Gasteiger partial charge in [0.15, 0.2) is 0 Å². The first-order chi connectivity index (χ1) is 13.7. The maximum atomic E-state index is 12.3. The molecular weight excluding hydrogens is 356 g/mol. The fourth-order valence-electron chi connectivity index (χ4n) is 2.82. The van der Waals surface area contributed by atoms with Crippen LogP contribution in [0.5, 0.6) is 5.75 Å². The largest absolute Gasteiger partial charge is 0.494 e. The molecule has 3 aromatic rings. The number of hydroxylamine groups is 1. The molecule has 0 heterocycles. The number of fused-ring (bicyclic) bond motifs is 1. The number of hydrogen-bond acceptors (Lipinski definition) is 4. The first kappa shape index (κ1) is 19.4. The van der Waals surface area contributed by atoms with Crippen molar-refractivity contribution >= 4 is 22.6 Å². The number of hydrogen-bond donors (Lipinski definition) is 3. The second kappa shape index (κ2) is 9.53. The third-order valence-electron chi connectivity index (χ3n) is 4.36. The number of ether oxygens (including phenoxy) is 1. The topological polar surface area (TPSA) is 87.7 Å². The Balaban J connectivity index is 1.37. The van der Waals surface area contributed by atoms with Gasteiger partial charge in [-0.15, -0.1) is 0 Å². The molecule has 3 aromatic carbocycles. The summed E-state index contributed by atoms with van der Waals surface area (Å²) in [6.07, 6.45) is 1.58. The summed E-state index contributed by atoms with van der Waals surface area (Å²) in [5.74, 6) is 0.00724. The lowest BCUT2D eigenvalue weighted by molar-refractivity contribution is 0.0706. The van der Waals surface area contributed by atoms with E-state index in [0.29, 0.717) is 30.0 Å². The molecule has 0 radical (unpaired) electrons. The number of amides is 2. The number of carbonyl (C=O) groups is 2. The van der Waals surface area contributed by atoms with Crippen LogP contribution >= 0.6 is 0 Å². The molecule has 0 spiro atoms. The van der Waals surface area contributed by atoms with Crippen LogP contribution in [-0.2, 0) is 0 Å². The van der Waals surface area contributed by atoms with E-state index in [0.717, 1.165) is 23.6 Å². The zero-order chi connectivity index (χ0) is 19.8. The Morgan fingerprint density at radius 1 is 0.821 bits per heavy atom. The number of benzene rings is 3. The van der Waals surface area contributed by atoms with Crippen molar-refractivity contribution in [3.05, 3.63) is 77.9 Å². The second-order valence-electron chi connectivity index (χ2n) is 6.34. The van der Waals surface area contributed by atoms with E-state index in [1.165, 1.54) is 0 Å². The molecule has 0 bridgehead atoms. The Hall–Kier alpha value is -3.38. The van der Waals surface area contributed by atoms with E-state index >= 15 is 0 Å². The van der Waals surface area contributed by atoms with Gasteiger partial charge in [0.25, 0.3) is 11.8 Å². The SMILES string of the molecule is O=C(NO)c1ccc(OCCCCNC(=O)c2ccc3ccccc3c2)cc1. The number of carbonyl (C=O) groups excluding carboxylic acids is 2. The van der Waals surface area contributed by atoms with Gasteiger partial charge in [-0.2, -0.15) is 0 Å². The Labute approximate surface area is 163 Å². The van der Waals surface area contributed by atoms with E-state index in [1.54, 1.807) is 29.7 Å². The van der Waals surface area contributed by atoms with E-state index in [4.69, 9.17) is 9.94 Å². The van der Waals surface area contributed by atoms with E-state index in [2.05, 4.69) is 5.32 Å². The van der Waals surface area contributed by atoms with Crippen LogP contribution in [0.25, 0.3) is 10.8 Å². The van der Waals surface area contributed by atoms with Gasteiger partial charge >= 0.3 is 0 Å². The Morgan fingerprint density at radius 3 is 2.29 bits per heavy atom. The molecule has 144 valence electrons. The van der Waals surface area contributed by atoms with Crippen LogP contribution in [0, 0.1) is 0 Å². The molecule has 0 saturated heterocycles. The van der Waals surface area contributed by atoms with Crippen molar-refractivity contribution < 1.29 is 19.5 Å². The molecular formula is C22H22N2O4. The van der Waals surface area contributed by atoms with Crippen LogP contribution in [0.4, 0.5) is 0 Å². The van der Waals surface area contributed by atoms with Gasteiger partial charge in [-0.05, 0) is 60.0 Å². The summed E-state index contributed by atoms with van der Waals surface area (Å²) in [5, 5.41) is 13.7. The molecule has 3 N–H and O–H groups in total. The van der Waals surface area contributed by atoms with E-state index in [-0.39, 0.29) is 5.91 Å². The highest BCUT2D eigenvalue weighted by Crippen LogP contribution is 2.15. The predicted octanol–water partition coefficient (Wildman–Crippen LogP) is 3.55. The summed E-state index contributed by atoms with van der Waals surface area (Å²) >= 11 is 0. The monoisotopic (exact) mass is 378 g/mol. The number of rotatable bonds is 8. The van der Waals surface area contributed by atoms with Crippen molar-refractivity contribution in [3.8, 4) is 5.75 Å². The first-order valence-corrected chi connectivity index (χ1v) is 9.11. The lowest BCUT2D eigenvalue weighted by atomic mass is 10.1. The molecule has 0 aromatic heterocycles. The van der Waals surface area contributed by atoms with Crippen molar-refractivity contribution in [3.63, 3.8) is 0 Å². The summed E-state index contributed by atoms with van der Waals surface area (Å²) in [6, 6.07) is 20.1. The van der Waals surface area contributed by atoms with E-state index < -0.39 is 5.91 Å². The minimum absolute atomic E-state index is 0.0792. The summed E-state index contributed by atoms with van der Waals surface area (Å²) in [7, 11) is 0. The average Bonchev–Trinajstić information content (AvgIpc) is 2.75. The molecule has 0 saturated carbocycles. The predicted molar refractivity (Wildman–Crippen MR) is 107 cm³/mol. The van der Waals surface area contributed by atoms with Gasteiger partial charge in [0.05, 0.1) is 6.61 Å². The van der Waals surface area contributed by atoms with E-state index in [9.17, 15) is 9.59 Å². The third kappa shape index (κ3) is 5.08. The highest BCUT2D eigenvalue weighted by Gasteiger charge is 2.06. The van der Waals surface area contributed by atoms with Crippen LogP contribution in [-0.4, -0.2) is 30.2 Å². The van der Waals surface area contributed by atoms with Crippen LogP contribution in [0.15, 0.2) is 66.7 Å². The average molecular weight is 378 g/mol. The van der Waals surface area contributed by atoms with Gasteiger partial charge in [0.1, 0.15) is 5.75 Å². The van der Waals surface area contributed by atoms with Crippen LogP contribution in [0.2, 0.25) is 0 Å². The van der Waals surface area contributed by atoms with Gasteiger partial charge in [0, 0.05) is 17.7 Å². The molecule has 0 unspecified atom stereocenters. The van der Waals surface area contributed by atoms with Crippen LogP contribution in [0.3, 0.4) is 0 Å². The summed E-state index contributed by atoms with van der Waals surface area (Å²) in [4.78, 5) is 23.5. The summed E-state index contributed by atoms with van der Waals surface area (Å²) < 4.78 is 5.61. The number of nitrogens with one attached hydrogen (secondary N) is 2. The highest BCUT2D eigenvalue weighted by atomic mass is 16.5. The Morgan fingerprint density at radius 2 is 1.54 bits per heavy atom. The standard InChI is InChI=1S/C22H22N2O4/c25-21(19-8-7-16-5-1-2-6-18(16)15-19)23-13-3-4-14-28-20-11-9-17(10-12-20)22(26)24-27/h1-2,5-12,15,27H,3-4,13-14H2,(H,23,25)(H,24,26). The molecule has 0 aliphatic rings. The molecule has 0 fully saturated rings. The van der Waals surface area contributed by atoms with Crippen molar-refractivity contribution in [2.24, 2.45) is 0 Å². The highest BCUT2D eigenvalue weighted by molar-refractivity contribution is 5.98. The third-order valence-corrected chi connectivity index (χ3v) is 4.36. The van der Waals surface area contributed by atoms with Crippen molar-refractivity contribution in [1.29, 1.82) is 0 Å². The molecule has 0 aliphatic carbocycles. The molecule has 6 heteroatoms. The quantitative estimate of drug-likeness (QED) is 0.318. The van der Waals surface area contributed by atoms with Crippen LogP contribution in [0.1, 0.15) is 33.6 Å². The fraction of sp³-hybridized carbons (Fsp3) is 0.182. The summed E-state index contributed by atoms with van der Waals surface area (Å²) in [6.45, 7) is 1.09. The number of unbranched alkanes of at least 4 members (excludes halogenated alkanes) is 1. The zero-order valence-corrected chi connectivity index (χ0v) is 15.4. The van der Waals surface area contributed by atoms with Gasteiger partial charge in [-0.25, -0.2) is 5.48 Å². The minimum atomic E-state index is -0.561. The summed E-state index contributed by atoms with van der Waals surface area (Å²) in [5.41, 5.74) is 2.59. The maximum Gasteiger partial charge on any atom is 0.274 e. The molecule has 2 amide bonds. The lowest BCUT2D eigenvalue weighted by Gasteiger charge is -2.08. The molecule has 0 atom stereocenters. The van der Waals surface area contributed by atoms with Gasteiger partial charge in [-0.3, -0.25) is 14.8 Å². The fourth-order valence-corrected chi connectivity index (χ4v) is 2.82. The van der Waals surface area contributed by atoms with E-state index in [1.807, 2.05) is 42.5 Å². The minimum Gasteiger partial charge on any atom is -0.494 e. The smallest absolute Gasteiger partial charge is 0.274 e. The van der Waals surface area contributed by atoms with Crippen molar-refractivity contribution in [2.45, 2.75) is 12.8 Å². The Bertz CT molecular complexity index is 954. The zero-order valence-electron chi connectivity index (χ0n) is 15.4. The van der Waals surface area contributed by atoms with Crippen molar-refractivity contribution in [1.82, 2.24) is 10.8 Å². The molecule has 3 rings (SSSR count). The first-order valence-electron chi connectivity index (χ1n) is 9.11. The van der Waals surface area contributed by atoms with Gasteiger partial charge in [-0.1, -0.05) is 30.3 Å². The van der Waals surface area contributed by atoms with Crippen LogP contribution < -0.4 is 15.5 Å². The Kier molecular flexibility index (Phi) is 6.59. The normalized spacial score (nSPS) is 10.5. The molecule has 0 aliphatic heterocycles. The lowest BCUT2D eigenvalue weighted by Crippen LogP contribution is -2.24. The molecule has 6 nitrogen and oxygen atoms in total. The van der Waals surface area contributed by atoms with Gasteiger partial charge < -0.3 is 10.1 Å². The van der Waals surface area contributed by atoms with Gasteiger partial charge in [0.2, 0.25) is 0 Å². The van der Waals surface area contributed by atoms with Crippen molar-refractivity contribution in [2.75, 3.05) is 13.2 Å². The second-order valence-corrected chi connectivity index (χ2v) is 6.34. The maximum absolute atomic E-state index is 12.3.